The van der Waals surface area contributed by atoms with Crippen LogP contribution in [0.2, 0.25) is 0 Å². The summed E-state index contributed by atoms with van der Waals surface area (Å²) in [6, 6.07) is 0.365. The molecule has 2 N–H and O–H groups in total. The first-order valence-corrected chi connectivity index (χ1v) is 6.69. The molecule has 98 valence electrons. The fourth-order valence-corrected chi connectivity index (χ4v) is 3.00. The van der Waals surface area contributed by atoms with E-state index in [1.165, 1.54) is 12.8 Å². The van der Waals surface area contributed by atoms with Gasteiger partial charge in [0.25, 0.3) is 0 Å². The molecule has 0 aromatic rings. The van der Waals surface area contributed by atoms with Gasteiger partial charge in [-0.3, -0.25) is 0 Å². The second-order valence-electron chi connectivity index (χ2n) is 6.17. The lowest BCUT2D eigenvalue weighted by Gasteiger charge is -2.29. The van der Waals surface area contributed by atoms with Crippen LogP contribution in [0, 0.1) is 11.3 Å². The molecule has 1 aliphatic carbocycles. The summed E-state index contributed by atoms with van der Waals surface area (Å²) in [4.78, 5) is 13.9. The van der Waals surface area contributed by atoms with Crippen LogP contribution in [-0.4, -0.2) is 41.8 Å². The molecule has 2 aliphatic rings. The molecule has 2 fully saturated rings. The molecule has 4 heteroatoms. The van der Waals surface area contributed by atoms with Crippen LogP contribution < -0.4 is 5.32 Å². The first kappa shape index (κ1) is 12.7. The molecule has 0 bridgehead atoms. The van der Waals surface area contributed by atoms with Crippen LogP contribution in [0.1, 0.15) is 39.5 Å². The van der Waals surface area contributed by atoms with Crippen LogP contribution >= 0.6 is 0 Å². The van der Waals surface area contributed by atoms with E-state index < -0.39 is 0 Å². The van der Waals surface area contributed by atoms with Crippen molar-refractivity contribution in [1.29, 1.82) is 0 Å². The van der Waals surface area contributed by atoms with Gasteiger partial charge in [-0.25, -0.2) is 4.79 Å². The molecule has 1 heterocycles. The average molecular weight is 240 g/mol. The maximum Gasteiger partial charge on any atom is 0.317 e. The summed E-state index contributed by atoms with van der Waals surface area (Å²) < 4.78 is 0. The number of rotatable bonds is 2. The number of carbonyl (C=O) groups excluding carboxylic acids is 1. The van der Waals surface area contributed by atoms with E-state index in [0.29, 0.717) is 12.6 Å². The van der Waals surface area contributed by atoms with Gasteiger partial charge in [-0.2, -0.15) is 0 Å². The maximum atomic E-state index is 12.1. The molecule has 0 radical (unpaired) electrons. The smallest absolute Gasteiger partial charge is 0.317 e. The second kappa shape index (κ2) is 4.84. The molecule has 1 aliphatic heterocycles. The zero-order valence-corrected chi connectivity index (χ0v) is 10.9. The number of nitrogens with zero attached hydrogens (tertiary/aromatic N) is 1. The Morgan fingerprint density at radius 2 is 2.24 bits per heavy atom. The quantitative estimate of drug-likeness (QED) is 0.770. The number of nitrogens with one attached hydrogen (secondary N) is 1. The number of likely N-dealkylation sites (tertiary alicyclic amines) is 1. The fourth-order valence-electron chi connectivity index (χ4n) is 3.00. The van der Waals surface area contributed by atoms with Crippen molar-refractivity contribution in [3.8, 4) is 0 Å². The lowest BCUT2D eigenvalue weighted by Crippen LogP contribution is -2.47. The molecule has 1 saturated heterocycles. The molecule has 0 aromatic heterocycles. The van der Waals surface area contributed by atoms with E-state index >= 15 is 0 Å². The highest BCUT2D eigenvalue weighted by Crippen LogP contribution is 2.37. The lowest BCUT2D eigenvalue weighted by molar-refractivity contribution is 0.185. The second-order valence-corrected chi connectivity index (χ2v) is 6.17. The van der Waals surface area contributed by atoms with Crippen molar-refractivity contribution in [1.82, 2.24) is 10.2 Å². The Morgan fingerprint density at radius 3 is 2.76 bits per heavy atom. The van der Waals surface area contributed by atoms with Gasteiger partial charge in [0.15, 0.2) is 0 Å². The zero-order chi connectivity index (χ0) is 12.5. The van der Waals surface area contributed by atoms with Crippen molar-refractivity contribution in [2.45, 2.75) is 45.6 Å². The number of carbonyl (C=O) groups is 1. The van der Waals surface area contributed by atoms with Crippen LogP contribution in [0.25, 0.3) is 0 Å². The third-order valence-corrected chi connectivity index (χ3v) is 4.39. The average Bonchev–Trinajstić information content (AvgIpc) is 2.86. The summed E-state index contributed by atoms with van der Waals surface area (Å²) in [5.41, 5.74) is 0.228. The summed E-state index contributed by atoms with van der Waals surface area (Å²) in [7, 11) is 0. The number of hydrogen-bond acceptors (Lipinski definition) is 2. The zero-order valence-electron chi connectivity index (χ0n) is 10.9. The molecule has 17 heavy (non-hydrogen) atoms. The van der Waals surface area contributed by atoms with Gasteiger partial charge in [0.1, 0.15) is 0 Å². The third-order valence-electron chi connectivity index (χ3n) is 4.39. The molecule has 2 amide bonds. The predicted octanol–water partition coefficient (Wildman–Crippen LogP) is 1.59. The lowest BCUT2D eigenvalue weighted by atomic mass is 9.87. The Morgan fingerprint density at radius 1 is 1.47 bits per heavy atom. The third kappa shape index (κ3) is 2.73. The SMILES string of the molecule is CC1(C)CCCC1NC(=O)N1CCC(CO)C1. The van der Waals surface area contributed by atoms with E-state index in [9.17, 15) is 4.79 Å². The highest BCUT2D eigenvalue weighted by Gasteiger charge is 2.37. The van der Waals surface area contributed by atoms with E-state index in [4.69, 9.17) is 5.11 Å². The molecule has 2 unspecified atom stereocenters. The summed E-state index contributed by atoms with van der Waals surface area (Å²) in [5, 5.41) is 12.2. The Labute approximate surface area is 103 Å². The van der Waals surface area contributed by atoms with E-state index in [1.54, 1.807) is 0 Å². The Kier molecular flexibility index (Phi) is 3.61. The van der Waals surface area contributed by atoms with Gasteiger partial charge in [-0.15, -0.1) is 0 Å². The van der Waals surface area contributed by atoms with Crippen molar-refractivity contribution in [2.24, 2.45) is 11.3 Å². The van der Waals surface area contributed by atoms with Crippen LogP contribution in [0.4, 0.5) is 4.79 Å². The molecule has 0 aromatic carbocycles. The van der Waals surface area contributed by atoms with Crippen molar-refractivity contribution >= 4 is 6.03 Å². The van der Waals surface area contributed by atoms with E-state index in [-0.39, 0.29) is 24.0 Å². The van der Waals surface area contributed by atoms with Crippen LogP contribution in [-0.2, 0) is 0 Å². The molecular weight excluding hydrogens is 216 g/mol. The standard InChI is InChI=1S/C13H24N2O2/c1-13(2)6-3-4-11(13)14-12(17)15-7-5-10(8-15)9-16/h10-11,16H,3-9H2,1-2H3,(H,14,17). The van der Waals surface area contributed by atoms with Gasteiger partial charge in [-0.1, -0.05) is 20.3 Å². The largest absolute Gasteiger partial charge is 0.396 e. The van der Waals surface area contributed by atoms with Crippen molar-refractivity contribution in [3.63, 3.8) is 0 Å². The molecular formula is C13H24N2O2. The van der Waals surface area contributed by atoms with Crippen LogP contribution in [0.15, 0.2) is 0 Å². The minimum Gasteiger partial charge on any atom is -0.396 e. The monoisotopic (exact) mass is 240 g/mol. The number of urea groups is 1. The summed E-state index contributed by atoms with van der Waals surface area (Å²) >= 11 is 0. The number of amides is 2. The Balaban J connectivity index is 1.85. The van der Waals surface area contributed by atoms with Gasteiger partial charge < -0.3 is 15.3 Å². The topological polar surface area (TPSA) is 52.6 Å². The van der Waals surface area contributed by atoms with E-state index in [1.807, 2.05) is 4.90 Å². The minimum absolute atomic E-state index is 0.0564. The number of aliphatic hydroxyl groups is 1. The van der Waals surface area contributed by atoms with Crippen molar-refractivity contribution in [3.05, 3.63) is 0 Å². The first-order chi connectivity index (χ1) is 8.03. The first-order valence-electron chi connectivity index (χ1n) is 6.69. The van der Waals surface area contributed by atoms with Crippen molar-refractivity contribution in [2.75, 3.05) is 19.7 Å². The van der Waals surface area contributed by atoms with Crippen LogP contribution in [0.3, 0.4) is 0 Å². The Hall–Kier alpha value is -0.770. The molecule has 1 saturated carbocycles. The normalized spacial score (nSPS) is 31.8. The molecule has 2 rings (SSSR count). The van der Waals surface area contributed by atoms with E-state index in [0.717, 1.165) is 19.4 Å². The molecule has 0 spiro atoms. The fraction of sp³-hybridized carbons (Fsp3) is 0.923. The summed E-state index contributed by atoms with van der Waals surface area (Å²) in [5.74, 6) is 0.275. The van der Waals surface area contributed by atoms with E-state index in [2.05, 4.69) is 19.2 Å². The van der Waals surface area contributed by atoms with Gasteiger partial charge in [0.05, 0.1) is 0 Å². The predicted molar refractivity (Wildman–Crippen MR) is 66.7 cm³/mol. The summed E-state index contributed by atoms with van der Waals surface area (Å²) in [6.07, 6.45) is 4.42. The highest BCUT2D eigenvalue weighted by atomic mass is 16.3. The van der Waals surface area contributed by atoms with Gasteiger partial charge in [-0.05, 0) is 24.7 Å². The number of aliphatic hydroxyl groups excluding tert-OH is 1. The highest BCUT2D eigenvalue weighted by molar-refractivity contribution is 5.75. The van der Waals surface area contributed by atoms with Crippen molar-refractivity contribution < 1.29 is 9.90 Å². The van der Waals surface area contributed by atoms with Gasteiger partial charge in [0, 0.05) is 31.7 Å². The Bertz CT molecular complexity index is 291. The van der Waals surface area contributed by atoms with Crippen LogP contribution in [0.5, 0.6) is 0 Å². The maximum absolute atomic E-state index is 12.1. The minimum atomic E-state index is 0.0564. The number of hydrogen-bond donors (Lipinski definition) is 2. The molecule has 4 nitrogen and oxygen atoms in total. The molecule has 2 atom stereocenters. The van der Waals surface area contributed by atoms with Gasteiger partial charge in [0.2, 0.25) is 0 Å². The van der Waals surface area contributed by atoms with Gasteiger partial charge >= 0.3 is 6.03 Å². The summed E-state index contributed by atoms with van der Waals surface area (Å²) in [6.45, 7) is 6.13.